The number of halogens is 2. The number of hydrogen-bond acceptors (Lipinski definition) is 2. The molecule has 2 unspecified atom stereocenters. The minimum atomic E-state index is -0.759. The van der Waals surface area contributed by atoms with Crippen LogP contribution in [0.2, 0.25) is 10.0 Å². The fraction of sp³-hybridized carbons (Fsp3) is 0.571. The molecule has 1 N–H and O–H groups in total. The van der Waals surface area contributed by atoms with Gasteiger partial charge in [-0.2, -0.15) is 0 Å². The van der Waals surface area contributed by atoms with Gasteiger partial charge in [-0.05, 0) is 37.6 Å². The molecule has 0 saturated carbocycles. The van der Waals surface area contributed by atoms with E-state index in [1.807, 2.05) is 19.9 Å². The molecule has 2 rings (SSSR count). The highest BCUT2D eigenvalue weighted by Crippen LogP contribution is 2.34. The minimum Gasteiger partial charge on any atom is -0.389 e. The van der Waals surface area contributed by atoms with Crippen LogP contribution in [-0.4, -0.2) is 22.9 Å². The quantitative estimate of drug-likeness (QED) is 0.896. The van der Waals surface area contributed by atoms with E-state index in [2.05, 4.69) is 0 Å². The first-order valence-corrected chi connectivity index (χ1v) is 6.95. The van der Waals surface area contributed by atoms with Gasteiger partial charge in [0.2, 0.25) is 0 Å². The van der Waals surface area contributed by atoms with Crippen molar-refractivity contribution in [2.45, 2.75) is 50.9 Å². The summed E-state index contributed by atoms with van der Waals surface area (Å²) in [5, 5.41) is 12.0. The van der Waals surface area contributed by atoms with Crippen LogP contribution in [0.5, 0.6) is 0 Å². The standard InChI is InChI=1S/C14H18Cl2O2/c1-9-6-14(17,7-10(2)18-9)8-11-5-12(15)3-4-13(11)16/h3-5,9-10,17H,6-8H2,1-2H3. The van der Waals surface area contributed by atoms with Gasteiger partial charge in [-0.25, -0.2) is 0 Å². The SMILES string of the molecule is CC1CC(O)(Cc2cc(Cl)ccc2Cl)CC(C)O1. The van der Waals surface area contributed by atoms with Crippen molar-refractivity contribution in [3.8, 4) is 0 Å². The first-order chi connectivity index (χ1) is 8.38. The topological polar surface area (TPSA) is 29.5 Å². The second kappa shape index (κ2) is 5.38. The lowest BCUT2D eigenvalue weighted by atomic mass is 9.82. The Kier molecular flexibility index (Phi) is 4.22. The molecule has 1 heterocycles. The molecular formula is C14H18Cl2O2. The second-order valence-electron chi connectivity index (χ2n) is 5.30. The molecule has 18 heavy (non-hydrogen) atoms. The number of hydrogen-bond donors (Lipinski definition) is 1. The Hall–Kier alpha value is -0.280. The third kappa shape index (κ3) is 3.39. The lowest BCUT2D eigenvalue weighted by molar-refractivity contribution is -0.130. The zero-order valence-corrected chi connectivity index (χ0v) is 12.1. The van der Waals surface area contributed by atoms with Crippen LogP contribution in [0.1, 0.15) is 32.3 Å². The van der Waals surface area contributed by atoms with Crippen LogP contribution in [-0.2, 0) is 11.2 Å². The average Bonchev–Trinajstić information content (AvgIpc) is 2.21. The van der Waals surface area contributed by atoms with Crippen LogP contribution in [0.3, 0.4) is 0 Å². The van der Waals surface area contributed by atoms with Crippen LogP contribution in [0.25, 0.3) is 0 Å². The molecule has 1 aromatic carbocycles. The Morgan fingerprint density at radius 2 is 1.89 bits per heavy atom. The monoisotopic (exact) mass is 288 g/mol. The van der Waals surface area contributed by atoms with Crippen LogP contribution in [0.15, 0.2) is 18.2 Å². The van der Waals surface area contributed by atoms with Crippen molar-refractivity contribution in [1.82, 2.24) is 0 Å². The molecule has 0 bridgehead atoms. The highest BCUT2D eigenvalue weighted by atomic mass is 35.5. The van der Waals surface area contributed by atoms with Gasteiger partial charge in [0.05, 0.1) is 17.8 Å². The van der Waals surface area contributed by atoms with Gasteiger partial charge in [-0.3, -0.25) is 0 Å². The van der Waals surface area contributed by atoms with Crippen LogP contribution < -0.4 is 0 Å². The molecule has 1 aliphatic rings. The average molecular weight is 289 g/mol. The zero-order chi connectivity index (χ0) is 13.3. The van der Waals surface area contributed by atoms with Gasteiger partial charge in [-0.15, -0.1) is 0 Å². The van der Waals surface area contributed by atoms with E-state index in [-0.39, 0.29) is 12.2 Å². The number of benzene rings is 1. The number of ether oxygens (including phenoxy) is 1. The highest BCUT2D eigenvalue weighted by molar-refractivity contribution is 6.33. The van der Waals surface area contributed by atoms with Crippen LogP contribution in [0, 0.1) is 0 Å². The summed E-state index contributed by atoms with van der Waals surface area (Å²) in [5.41, 5.74) is 0.138. The number of aliphatic hydroxyl groups is 1. The normalized spacial score (nSPS) is 32.5. The molecular weight excluding hydrogens is 271 g/mol. The minimum absolute atomic E-state index is 0.0664. The molecule has 1 fully saturated rings. The Morgan fingerprint density at radius 3 is 2.50 bits per heavy atom. The van der Waals surface area contributed by atoms with Crippen LogP contribution in [0.4, 0.5) is 0 Å². The van der Waals surface area contributed by atoms with E-state index in [1.54, 1.807) is 12.1 Å². The van der Waals surface area contributed by atoms with Crippen molar-refractivity contribution in [3.05, 3.63) is 33.8 Å². The van der Waals surface area contributed by atoms with E-state index in [1.165, 1.54) is 0 Å². The predicted octanol–water partition coefficient (Wildman–Crippen LogP) is 3.85. The summed E-state index contributed by atoms with van der Waals surface area (Å²) < 4.78 is 5.65. The molecule has 100 valence electrons. The Bertz CT molecular complexity index is 424. The summed E-state index contributed by atoms with van der Waals surface area (Å²) in [5.74, 6) is 0. The molecule has 0 amide bonds. The van der Waals surface area contributed by atoms with Gasteiger partial charge in [0.25, 0.3) is 0 Å². The first kappa shape index (κ1) is 14.1. The van der Waals surface area contributed by atoms with E-state index >= 15 is 0 Å². The summed E-state index contributed by atoms with van der Waals surface area (Å²) in [4.78, 5) is 0. The third-order valence-electron chi connectivity index (χ3n) is 3.33. The molecule has 0 aromatic heterocycles. The smallest absolute Gasteiger partial charge is 0.0737 e. The van der Waals surface area contributed by atoms with Gasteiger partial charge in [0.1, 0.15) is 0 Å². The van der Waals surface area contributed by atoms with Gasteiger partial charge in [0, 0.05) is 29.3 Å². The van der Waals surface area contributed by atoms with Crippen molar-refractivity contribution >= 4 is 23.2 Å². The fourth-order valence-electron chi connectivity index (χ4n) is 2.82. The maximum atomic E-state index is 10.7. The highest BCUT2D eigenvalue weighted by Gasteiger charge is 2.37. The molecule has 1 saturated heterocycles. The number of rotatable bonds is 2. The maximum Gasteiger partial charge on any atom is 0.0737 e. The Balaban J connectivity index is 2.18. The van der Waals surface area contributed by atoms with E-state index in [0.29, 0.717) is 29.3 Å². The lowest BCUT2D eigenvalue weighted by Gasteiger charge is -2.39. The Morgan fingerprint density at radius 1 is 1.28 bits per heavy atom. The molecule has 2 nitrogen and oxygen atoms in total. The van der Waals surface area contributed by atoms with Gasteiger partial charge < -0.3 is 9.84 Å². The summed E-state index contributed by atoms with van der Waals surface area (Å²) in [6, 6.07) is 5.36. The summed E-state index contributed by atoms with van der Waals surface area (Å²) >= 11 is 12.1. The molecule has 1 aromatic rings. The summed E-state index contributed by atoms with van der Waals surface area (Å²) in [6.45, 7) is 3.97. The molecule has 1 aliphatic heterocycles. The maximum absolute atomic E-state index is 10.7. The fourth-order valence-corrected chi connectivity index (χ4v) is 3.20. The molecule has 0 spiro atoms. The van der Waals surface area contributed by atoms with Crippen molar-refractivity contribution in [2.24, 2.45) is 0 Å². The van der Waals surface area contributed by atoms with Crippen LogP contribution >= 0.6 is 23.2 Å². The second-order valence-corrected chi connectivity index (χ2v) is 6.15. The van der Waals surface area contributed by atoms with E-state index in [0.717, 1.165) is 5.56 Å². The summed E-state index contributed by atoms with van der Waals surface area (Å²) in [6.07, 6.45) is 1.90. The zero-order valence-electron chi connectivity index (χ0n) is 10.6. The third-order valence-corrected chi connectivity index (χ3v) is 3.93. The van der Waals surface area contributed by atoms with Gasteiger partial charge in [-0.1, -0.05) is 23.2 Å². The van der Waals surface area contributed by atoms with Crippen molar-refractivity contribution < 1.29 is 9.84 Å². The van der Waals surface area contributed by atoms with E-state index in [4.69, 9.17) is 27.9 Å². The van der Waals surface area contributed by atoms with Gasteiger partial charge in [0.15, 0.2) is 0 Å². The van der Waals surface area contributed by atoms with Crippen molar-refractivity contribution in [3.63, 3.8) is 0 Å². The molecule has 2 atom stereocenters. The first-order valence-electron chi connectivity index (χ1n) is 6.20. The Labute approximate surface area is 118 Å². The van der Waals surface area contributed by atoms with Crippen molar-refractivity contribution in [2.75, 3.05) is 0 Å². The van der Waals surface area contributed by atoms with E-state index < -0.39 is 5.60 Å². The van der Waals surface area contributed by atoms with Crippen molar-refractivity contribution in [1.29, 1.82) is 0 Å². The summed E-state index contributed by atoms with van der Waals surface area (Å²) in [7, 11) is 0. The molecule has 4 heteroatoms. The van der Waals surface area contributed by atoms with E-state index in [9.17, 15) is 5.11 Å². The predicted molar refractivity (Wildman–Crippen MR) is 74.4 cm³/mol. The van der Waals surface area contributed by atoms with Gasteiger partial charge >= 0.3 is 0 Å². The largest absolute Gasteiger partial charge is 0.389 e. The molecule has 0 aliphatic carbocycles. The molecule has 0 radical (unpaired) electrons. The lowest BCUT2D eigenvalue weighted by Crippen LogP contribution is -2.44.